The summed E-state index contributed by atoms with van der Waals surface area (Å²) in [5, 5.41) is 10.1. The van der Waals surface area contributed by atoms with Gasteiger partial charge in [-0.25, -0.2) is 4.79 Å². The van der Waals surface area contributed by atoms with Crippen LogP contribution in [0, 0.1) is 6.92 Å². The van der Waals surface area contributed by atoms with Crippen molar-refractivity contribution < 1.29 is 19.4 Å². The van der Waals surface area contributed by atoms with Crippen molar-refractivity contribution in [2.75, 3.05) is 6.61 Å². The molecule has 4 heteroatoms. The fourth-order valence-corrected chi connectivity index (χ4v) is 2.70. The molecule has 0 saturated heterocycles. The van der Waals surface area contributed by atoms with Crippen molar-refractivity contribution in [1.82, 2.24) is 0 Å². The van der Waals surface area contributed by atoms with Crippen molar-refractivity contribution in [3.63, 3.8) is 0 Å². The zero-order valence-corrected chi connectivity index (χ0v) is 12.5. The minimum absolute atomic E-state index is 0.0868. The van der Waals surface area contributed by atoms with Crippen molar-refractivity contribution in [2.24, 2.45) is 0 Å². The van der Waals surface area contributed by atoms with Crippen LogP contribution in [-0.4, -0.2) is 17.7 Å². The molecule has 0 aliphatic carbocycles. The number of carbonyl (C=O) groups excluding carboxylic acids is 1. The molecular formula is C18H18O4. The van der Waals surface area contributed by atoms with Gasteiger partial charge in [0, 0.05) is 0 Å². The van der Waals surface area contributed by atoms with E-state index < -0.39 is 5.97 Å². The van der Waals surface area contributed by atoms with E-state index in [2.05, 4.69) is 0 Å². The molecule has 2 aromatic carbocycles. The molecule has 0 fully saturated rings. The van der Waals surface area contributed by atoms with Crippen molar-refractivity contribution >= 4 is 5.97 Å². The van der Waals surface area contributed by atoms with Gasteiger partial charge in [-0.15, -0.1) is 0 Å². The molecule has 3 rings (SSSR count). The number of fused-ring (bicyclic) bond motifs is 1. The molecule has 114 valence electrons. The van der Waals surface area contributed by atoms with Crippen molar-refractivity contribution in [3.8, 4) is 11.5 Å². The first kappa shape index (κ1) is 14.4. The van der Waals surface area contributed by atoms with Gasteiger partial charge in [0.2, 0.25) is 0 Å². The molecule has 1 aliphatic heterocycles. The topological polar surface area (TPSA) is 55.8 Å². The van der Waals surface area contributed by atoms with Gasteiger partial charge in [-0.1, -0.05) is 30.3 Å². The zero-order valence-electron chi connectivity index (χ0n) is 12.5. The minimum Gasteiger partial charge on any atom is -0.507 e. The minimum atomic E-state index is -0.556. The summed E-state index contributed by atoms with van der Waals surface area (Å²) in [6.45, 7) is 2.63. The third kappa shape index (κ3) is 2.77. The summed E-state index contributed by atoms with van der Waals surface area (Å²) in [5.74, 6) is -0.169. The largest absolute Gasteiger partial charge is 0.507 e. The molecule has 0 saturated carbocycles. The summed E-state index contributed by atoms with van der Waals surface area (Å²) in [4.78, 5) is 12.4. The van der Waals surface area contributed by atoms with Crippen LogP contribution < -0.4 is 4.74 Å². The van der Waals surface area contributed by atoms with Crippen LogP contribution in [0.3, 0.4) is 0 Å². The van der Waals surface area contributed by atoms with Crippen LogP contribution in [0.25, 0.3) is 0 Å². The summed E-state index contributed by atoms with van der Waals surface area (Å²) in [6.07, 6.45) is 1.76. The fraction of sp³-hybridized carbons (Fsp3) is 0.278. The number of phenolic OH excluding ortho intramolecular Hbond substituents is 1. The van der Waals surface area contributed by atoms with E-state index in [0.717, 1.165) is 29.5 Å². The average Bonchev–Trinajstić information content (AvgIpc) is 2.54. The number of hydrogen-bond donors (Lipinski definition) is 1. The van der Waals surface area contributed by atoms with Crippen molar-refractivity contribution in [2.45, 2.75) is 26.4 Å². The van der Waals surface area contributed by atoms with Gasteiger partial charge in [0.15, 0.2) is 0 Å². The van der Waals surface area contributed by atoms with Crippen LogP contribution in [0.4, 0.5) is 0 Å². The summed E-state index contributed by atoms with van der Waals surface area (Å²) in [7, 11) is 0. The lowest BCUT2D eigenvalue weighted by molar-refractivity contribution is 0.0463. The second-order valence-corrected chi connectivity index (χ2v) is 5.41. The van der Waals surface area contributed by atoms with Gasteiger partial charge < -0.3 is 14.6 Å². The number of aromatic hydroxyl groups is 1. The molecule has 0 radical (unpaired) electrons. The molecule has 1 aliphatic rings. The van der Waals surface area contributed by atoms with E-state index >= 15 is 0 Å². The fourth-order valence-electron chi connectivity index (χ4n) is 2.70. The number of aryl methyl sites for hydroxylation is 1. The van der Waals surface area contributed by atoms with Crippen LogP contribution in [0.15, 0.2) is 36.4 Å². The SMILES string of the molecule is Cc1cc(O)c(C(=O)OCc2ccccc2)c2c1CCCO2. The first-order valence-corrected chi connectivity index (χ1v) is 7.36. The predicted octanol–water partition coefficient (Wildman–Crippen LogP) is 3.38. The first-order chi connectivity index (χ1) is 10.7. The summed E-state index contributed by atoms with van der Waals surface area (Å²) >= 11 is 0. The Morgan fingerprint density at radius 2 is 2.09 bits per heavy atom. The van der Waals surface area contributed by atoms with Gasteiger partial charge in [-0.2, -0.15) is 0 Å². The first-order valence-electron chi connectivity index (χ1n) is 7.36. The third-order valence-electron chi connectivity index (χ3n) is 3.82. The Bertz CT molecular complexity index is 692. The zero-order chi connectivity index (χ0) is 15.5. The van der Waals surface area contributed by atoms with E-state index in [-0.39, 0.29) is 17.9 Å². The second-order valence-electron chi connectivity index (χ2n) is 5.41. The second kappa shape index (κ2) is 6.10. The van der Waals surface area contributed by atoms with Gasteiger partial charge in [-0.3, -0.25) is 0 Å². The summed E-state index contributed by atoms with van der Waals surface area (Å²) in [6, 6.07) is 11.0. The van der Waals surface area contributed by atoms with E-state index in [1.165, 1.54) is 0 Å². The van der Waals surface area contributed by atoms with E-state index in [1.807, 2.05) is 37.3 Å². The standard InChI is InChI=1S/C18H18O4/c1-12-10-15(19)16(17-14(12)8-5-9-21-17)18(20)22-11-13-6-3-2-4-7-13/h2-4,6-7,10,19H,5,8-9,11H2,1H3. The third-order valence-corrected chi connectivity index (χ3v) is 3.82. The molecule has 1 heterocycles. The molecule has 2 aromatic rings. The maximum Gasteiger partial charge on any atom is 0.346 e. The number of hydrogen-bond acceptors (Lipinski definition) is 4. The normalized spacial score (nSPS) is 13.1. The lowest BCUT2D eigenvalue weighted by Gasteiger charge is -2.22. The van der Waals surface area contributed by atoms with Crippen molar-refractivity contribution in [1.29, 1.82) is 0 Å². The average molecular weight is 298 g/mol. The smallest absolute Gasteiger partial charge is 0.346 e. The van der Waals surface area contributed by atoms with Crippen LogP contribution in [-0.2, 0) is 17.8 Å². The molecule has 0 bridgehead atoms. The molecular weight excluding hydrogens is 280 g/mol. The Labute approximate surface area is 129 Å². The Hall–Kier alpha value is -2.49. The Kier molecular flexibility index (Phi) is 4.00. The van der Waals surface area contributed by atoms with Gasteiger partial charge in [0.1, 0.15) is 23.7 Å². The molecule has 0 atom stereocenters. The van der Waals surface area contributed by atoms with Crippen LogP contribution in [0.2, 0.25) is 0 Å². The number of carbonyl (C=O) groups is 1. The van der Waals surface area contributed by atoms with Crippen LogP contribution in [0.1, 0.15) is 33.5 Å². The molecule has 0 spiro atoms. The van der Waals surface area contributed by atoms with Gasteiger partial charge in [0.25, 0.3) is 0 Å². The monoisotopic (exact) mass is 298 g/mol. The lowest BCUT2D eigenvalue weighted by atomic mass is 9.96. The maximum absolute atomic E-state index is 12.4. The highest BCUT2D eigenvalue weighted by atomic mass is 16.5. The highest BCUT2D eigenvalue weighted by molar-refractivity contribution is 5.96. The van der Waals surface area contributed by atoms with Gasteiger partial charge in [-0.05, 0) is 42.5 Å². The number of ether oxygens (including phenoxy) is 2. The molecule has 4 nitrogen and oxygen atoms in total. The predicted molar refractivity (Wildman–Crippen MR) is 82.2 cm³/mol. The van der Waals surface area contributed by atoms with E-state index in [0.29, 0.717) is 12.4 Å². The quantitative estimate of drug-likeness (QED) is 0.883. The van der Waals surface area contributed by atoms with E-state index in [1.54, 1.807) is 6.07 Å². The number of esters is 1. The highest BCUT2D eigenvalue weighted by Crippen LogP contribution is 2.38. The molecule has 1 N–H and O–H groups in total. The van der Waals surface area contributed by atoms with Crippen LogP contribution in [0.5, 0.6) is 11.5 Å². The molecule has 0 aromatic heterocycles. The Balaban J connectivity index is 1.86. The summed E-state index contributed by atoms with van der Waals surface area (Å²) < 4.78 is 11.0. The van der Waals surface area contributed by atoms with Gasteiger partial charge in [0.05, 0.1) is 6.61 Å². The number of rotatable bonds is 3. The number of phenols is 1. The Morgan fingerprint density at radius 1 is 1.32 bits per heavy atom. The molecule has 22 heavy (non-hydrogen) atoms. The van der Waals surface area contributed by atoms with Crippen LogP contribution >= 0.6 is 0 Å². The van der Waals surface area contributed by atoms with E-state index in [4.69, 9.17) is 9.47 Å². The number of benzene rings is 2. The van der Waals surface area contributed by atoms with E-state index in [9.17, 15) is 9.90 Å². The highest BCUT2D eigenvalue weighted by Gasteiger charge is 2.26. The Morgan fingerprint density at radius 3 is 2.86 bits per heavy atom. The lowest BCUT2D eigenvalue weighted by Crippen LogP contribution is -2.16. The molecule has 0 amide bonds. The molecule has 0 unspecified atom stereocenters. The summed E-state index contributed by atoms with van der Waals surface area (Å²) in [5.41, 5.74) is 2.95. The van der Waals surface area contributed by atoms with Gasteiger partial charge >= 0.3 is 5.97 Å². The maximum atomic E-state index is 12.4. The van der Waals surface area contributed by atoms with Crippen molar-refractivity contribution in [3.05, 3.63) is 58.7 Å².